The van der Waals surface area contributed by atoms with Crippen LogP contribution in [0.2, 0.25) is 0 Å². The molecule has 1 N–H and O–H groups in total. The molecule has 5 rings (SSSR count). The number of halogens is 1. The smallest absolute Gasteiger partial charge is 0.410 e. The molecule has 0 saturated carbocycles. The van der Waals surface area contributed by atoms with Gasteiger partial charge in [-0.05, 0) is 50.8 Å². The minimum Gasteiger partial charge on any atom is -0.494 e. The third-order valence-corrected chi connectivity index (χ3v) is 7.08. The van der Waals surface area contributed by atoms with Crippen LogP contribution in [-0.4, -0.2) is 45.0 Å². The van der Waals surface area contributed by atoms with Crippen molar-refractivity contribution in [3.8, 4) is 22.7 Å². The van der Waals surface area contributed by atoms with Crippen molar-refractivity contribution < 1.29 is 18.7 Å². The molecular weight excluding hydrogens is 483 g/mol. The summed E-state index contributed by atoms with van der Waals surface area (Å²) in [5.74, 6) is 0.0316. The van der Waals surface area contributed by atoms with E-state index in [0.29, 0.717) is 40.9 Å². The lowest BCUT2D eigenvalue weighted by atomic mass is 9.96. The van der Waals surface area contributed by atoms with Crippen molar-refractivity contribution in [3.63, 3.8) is 0 Å². The van der Waals surface area contributed by atoms with Crippen molar-refractivity contribution in [2.24, 2.45) is 0 Å². The van der Waals surface area contributed by atoms with Crippen LogP contribution < -0.4 is 4.74 Å². The Hall–Kier alpha value is -3.81. The molecule has 0 radical (unpaired) electrons. The summed E-state index contributed by atoms with van der Waals surface area (Å²) < 4.78 is 29.1. The number of nitrogens with one attached hydrogen (secondary N) is 1. The maximum atomic E-state index is 16.1. The van der Waals surface area contributed by atoms with E-state index in [1.54, 1.807) is 11.1 Å². The Morgan fingerprint density at radius 3 is 2.50 bits per heavy atom. The summed E-state index contributed by atoms with van der Waals surface area (Å²) in [7, 11) is 1.53. The molecule has 8 heteroatoms. The number of aryl methyl sites for hydroxylation is 2. The number of aromatic nitrogens is 3. The summed E-state index contributed by atoms with van der Waals surface area (Å²) in [5, 5.41) is 5.79. The topological polar surface area (TPSA) is 72.4 Å². The molecule has 7 nitrogen and oxygen atoms in total. The standard InChI is InChI=1S/C30H35FN4O3/c1-7-18-10-9-11-19(8-2)27(18)35-28(25-20-12-14-32-26(20)24(37-6)16-22(25)31)21-17-34(15-13-23(21)33-35)29(36)38-30(3,4)5/h9-12,14,16,32H,7-8,13,15,17H2,1-6H3. The van der Waals surface area contributed by atoms with Crippen LogP contribution in [0.3, 0.4) is 0 Å². The normalized spacial score (nSPS) is 13.6. The third kappa shape index (κ3) is 4.42. The highest BCUT2D eigenvalue weighted by atomic mass is 19.1. The number of H-pyrrole nitrogens is 1. The number of para-hydroxylation sites is 1. The van der Waals surface area contributed by atoms with Gasteiger partial charge in [0.05, 0.1) is 36.2 Å². The van der Waals surface area contributed by atoms with E-state index in [1.807, 2.05) is 31.5 Å². The molecule has 2 aromatic carbocycles. The monoisotopic (exact) mass is 518 g/mol. The Bertz CT molecular complexity index is 1490. The Balaban J connectivity index is 1.79. The molecule has 1 amide bonds. The van der Waals surface area contributed by atoms with Gasteiger partial charge < -0.3 is 19.4 Å². The summed E-state index contributed by atoms with van der Waals surface area (Å²) in [6.07, 6.45) is 3.57. The van der Waals surface area contributed by atoms with Crippen LogP contribution in [-0.2, 0) is 30.5 Å². The van der Waals surface area contributed by atoms with Crippen LogP contribution in [0.1, 0.15) is 57.0 Å². The van der Waals surface area contributed by atoms with Gasteiger partial charge in [0.25, 0.3) is 0 Å². The zero-order valence-electron chi connectivity index (χ0n) is 22.9. The van der Waals surface area contributed by atoms with Gasteiger partial charge in [-0.15, -0.1) is 0 Å². The van der Waals surface area contributed by atoms with Crippen LogP contribution in [0.4, 0.5) is 9.18 Å². The summed E-state index contributed by atoms with van der Waals surface area (Å²) in [5.41, 5.74) is 6.15. The molecular formula is C30H35FN4O3. The molecule has 1 aliphatic rings. The van der Waals surface area contributed by atoms with Gasteiger partial charge >= 0.3 is 6.09 Å². The van der Waals surface area contributed by atoms with Crippen LogP contribution in [0.25, 0.3) is 27.8 Å². The lowest BCUT2D eigenvalue weighted by molar-refractivity contribution is 0.0224. The van der Waals surface area contributed by atoms with Crippen molar-refractivity contribution in [3.05, 3.63) is 64.7 Å². The van der Waals surface area contributed by atoms with E-state index in [1.165, 1.54) is 13.2 Å². The van der Waals surface area contributed by atoms with Crippen LogP contribution in [0, 0.1) is 5.82 Å². The number of nitrogens with zero attached hydrogens (tertiary/aromatic N) is 3. The number of benzene rings is 2. The molecule has 0 atom stereocenters. The summed E-state index contributed by atoms with van der Waals surface area (Å²) in [6, 6.07) is 9.54. The maximum absolute atomic E-state index is 16.1. The lowest BCUT2D eigenvalue weighted by Gasteiger charge is -2.30. The fourth-order valence-corrected chi connectivity index (χ4v) is 5.33. The Morgan fingerprint density at radius 2 is 1.87 bits per heavy atom. The quantitative estimate of drug-likeness (QED) is 0.324. The Labute approximate surface area is 222 Å². The molecule has 4 aromatic rings. The highest BCUT2D eigenvalue weighted by Crippen LogP contribution is 2.42. The summed E-state index contributed by atoms with van der Waals surface area (Å²) in [6.45, 7) is 10.6. The minimum atomic E-state index is -0.611. The molecule has 1 aliphatic heterocycles. The second-order valence-corrected chi connectivity index (χ2v) is 10.7. The number of amides is 1. The number of hydrogen-bond acceptors (Lipinski definition) is 4. The molecule has 3 heterocycles. The fourth-order valence-electron chi connectivity index (χ4n) is 5.33. The molecule has 2 aromatic heterocycles. The second-order valence-electron chi connectivity index (χ2n) is 10.7. The number of aromatic amines is 1. The van der Waals surface area contributed by atoms with Crippen LogP contribution in [0.5, 0.6) is 5.75 Å². The number of methoxy groups -OCH3 is 1. The van der Waals surface area contributed by atoms with E-state index in [9.17, 15) is 4.79 Å². The van der Waals surface area contributed by atoms with Gasteiger partial charge in [-0.25, -0.2) is 13.9 Å². The first-order chi connectivity index (χ1) is 18.2. The van der Waals surface area contributed by atoms with Crippen molar-refractivity contribution in [2.75, 3.05) is 13.7 Å². The van der Waals surface area contributed by atoms with Gasteiger partial charge in [0, 0.05) is 41.7 Å². The first-order valence-corrected chi connectivity index (χ1v) is 13.2. The van der Waals surface area contributed by atoms with E-state index < -0.39 is 11.4 Å². The molecule has 0 saturated heterocycles. The molecule has 0 bridgehead atoms. The second kappa shape index (κ2) is 9.82. The van der Waals surface area contributed by atoms with Gasteiger partial charge in [-0.2, -0.15) is 5.10 Å². The first-order valence-electron chi connectivity index (χ1n) is 13.2. The predicted octanol–water partition coefficient (Wildman–Crippen LogP) is 6.59. The van der Waals surface area contributed by atoms with E-state index >= 15 is 4.39 Å². The SMILES string of the molecule is CCc1cccc(CC)c1-n1nc2c(c1-c1c(F)cc(OC)c3[nH]ccc13)CN(C(=O)OC(C)(C)C)CC2. The van der Waals surface area contributed by atoms with Gasteiger partial charge in [0.2, 0.25) is 0 Å². The average Bonchev–Trinajstić information content (AvgIpc) is 3.51. The first kappa shape index (κ1) is 25.8. The number of carbonyl (C=O) groups excluding carboxylic acids is 1. The van der Waals surface area contributed by atoms with Crippen molar-refractivity contribution >= 4 is 17.0 Å². The minimum absolute atomic E-state index is 0.284. The third-order valence-electron chi connectivity index (χ3n) is 7.08. The van der Waals surface area contributed by atoms with Crippen molar-refractivity contribution in [2.45, 2.75) is 66.0 Å². The fraction of sp³-hybridized carbons (Fsp3) is 0.400. The largest absolute Gasteiger partial charge is 0.494 e. The average molecular weight is 519 g/mol. The van der Waals surface area contributed by atoms with Crippen molar-refractivity contribution in [1.82, 2.24) is 19.7 Å². The number of hydrogen-bond donors (Lipinski definition) is 1. The van der Waals surface area contributed by atoms with Gasteiger partial charge in [-0.3, -0.25) is 0 Å². The number of rotatable bonds is 5. The van der Waals surface area contributed by atoms with Gasteiger partial charge in [0.15, 0.2) is 0 Å². The lowest BCUT2D eigenvalue weighted by Crippen LogP contribution is -2.39. The van der Waals surface area contributed by atoms with Crippen LogP contribution in [0.15, 0.2) is 36.5 Å². The molecule has 0 aliphatic carbocycles. The molecule has 200 valence electrons. The van der Waals surface area contributed by atoms with E-state index in [-0.39, 0.29) is 12.6 Å². The zero-order valence-corrected chi connectivity index (χ0v) is 22.9. The van der Waals surface area contributed by atoms with Gasteiger partial charge in [0.1, 0.15) is 17.2 Å². The van der Waals surface area contributed by atoms with Gasteiger partial charge in [-0.1, -0.05) is 32.0 Å². The molecule has 38 heavy (non-hydrogen) atoms. The number of ether oxygens (including phenoxy) is 2. The van der Waals surface area contributed by atoms with E-state index in [4.69, 9.17) is 14.6 Å². The van der Waals surface area contributed by atoms with Crippen LogP contribution >= 0.6 is 0 Å². The highest BCUT2D eigenvalue weighted by molar-refractivity contribution is 5.99. The predicted molar refractivity (Wildman–Crippen MR) is 146 cm³/mol. The summed E-state index contributed by atoms with van der Waals surface area (Å²) in [4.78, 5) is 17.9. The maximum Gasteiger partial charge on any atom is 0.410 e. The van der Waals surface area contributed by atoms with Crippen molar-refractivity contribution in [1.29, 1.82) is 0 Å². The molecule has 0 unspecified atom stereocenters. The zero-order chi connectivity index (χ0) is 27.2. The molecule has 0 spiro atoms. The number of fused-ring (bicyclic) bond motifs is 2. The molecule has 0 fully saturated rings. The van der Waals surface area contributed by atoms with E-state index in [0.717, 1.165) is 40.9 Å². The van der Waals surface area contributed by atoms with E-state index in [2.05, 4.69) is 37.0 Å². The Morgan fingerprint density at radius 1 is 1.16 bits per heavy atom. The Kier molecular flexibility index (Phi) is 6.67. The highest BCUT2D eigenvalue weighted by Gasteiger charge is 2.33. The number of carbonyl (C=O) groups is 1. The summed E-state index contributed by atoms with van der Waals surface area (Å²) >= 11 is 0.